The van der Waals surface area contributed by atoms with E-state index in [0.29, 0.717) is 6.54 Å². The van der Waals surface area contributed by atoms with Crippen molar-refractivity contribution in [3.63, 3.8) is 0 Å². The number of rotatable bonds is 4. The quantitative estimate of drug-likeness (QED) is 0.893. The van der Waals surface area contributed by atoms with Crippen LogP contribution in [0, 0.1) is 5.82 Å². The molecule has 0 bridgehead atoms. The number of carbonyl (C=O) groups is 1. The molecule has 0 fully saturated rings. The van der Waals surface area contributed by atoms with Crippen LogP contribution in [0.5, 0.6) is 0 Å². The molecule has 0 aliphatic rings. The minimum absolute atomic E-state index is 0.178. The molecule has 0 saturated heterocycles. The van der Waals surface area contributed by atoms with Gasteiger partial charge in [0.2, 0.25) is 5.91 Å². The molecule has 2 aromatic rings. The van der Waals surface area contributed by atoms with Gasteiger partial charge in [-0.3, -0.25) is 9.78 Å². The topological polar surface area (TPSA) is 54.0 Å². The van der Waals surface area contributed by atoms with Gasteiger partial charge < -0.3 is 10.6 Å². The van der Waals surface area contributed by atoms with Crippen molar-refractivity contribution >= 4 is 28.6 Å². The maximum atomic E-state index is 13.4. The molecule has 0 radical (unpaired) electrons. The first-order valence-electron chi connectivity index (χ1n) is 5.33. The summed E-state index contributed by atoms with van der Waals surface area (Å²) < 4.78 is 13.4. The highest BCUT2D eigenvalue weighted by Crippen LogP contribution is 2.20. The molecule has 1 heterocycles. The number of halogens is 1. The summed E-state index contributed by atoms with van der Waals surface area (Å²) in [5.41, 5.74) is 2.68. The lowest BCUT2D eigenvalue weighted by Crippen LogP contribution is -2.08. The summed E-state index contributed by atoms with van der Waals surface area (Å²) >= 11 is 1.54. The van der Waals surface area contributed by atoms with Crippen LogP contribution >= 0.6 is 11.3 Å². The molecule has 0 saturated carbocycles. The van der Waals surface area contributed by atoms with Gasteiger partial charge in [-0.2, -0.15) is 0 Å². The van der Waals surface area contributed by atoms with Gasteiger partial charge in [0.1, 0.15) is 5.82 Å². The van der Waals surface area contributed by atoms with Crippen LogP contribution in [-0.4, -0.2) is 10.9 Å². The lowest BCUT2D eigenvalue weighted by atomic mass is 10.2. The molecular weight excluding hydrogens is 253 g/mol. The Kier molecular flexibility index (Phi) is 3.88. The molecule has 2 N–H and O–H groups in total. The Morgan fingerprint density at radius 3 is 3.00 bits per heavy atom. The molecule has 0 atom stereocenters. The number of nitrogens with zero attached hydrogens (tertiary/aromatic N) is 1. The molecule has 0 aliphatic carbocycles. The van der Waals surface area contributed by atoms with Crippen LogP contribution < -0.4 is 10.6 Å². The Balaban J connectivity index is 2.06. The van der Waals surface area contributed by atoms with Crippen molar-refractivity contribution in [3.8, 4) is 0 Å². The van der Waals surface area contributed by atoms with Crippen molar-refractivity contribution in [2.75, 3.05) is 10.6 Å². The lowest BCUT2D eigenvalue weighted by molar-refractivity contribution is -0.114. The first-order valence-corrected chi connectivity index (χ1v) is 6.21. The number of thiazole rings is 1. The van der Waals surface area contributed by atoms with Crippen LogP contribution in [0.3, 0.4) is 0 Å². The molecule has 0 aliphatic heterocycles. The van der Waals surface area contributed by atoms with Crippen molar-refractivity contribution in [3.05, 3.63) is 40.6 Å². The van der Waals surface area contributed by atoms with Gasteiger partial charge in [-0.1, -0.05) is 0 Å². The van der Waals surface area contributed by atoms with E-state index in [1.165, 1.54) is 13.0 Å². The Morgan fingerprint density at radius 2 is 2.33 bits per heavy atom. The maximum absolute atomic E-state index is 13.4. The Morgan fingerprint density at radius 1 is 1.50 bits per heavy atom. The summed E-state index contributed by atoms with van der Waals surface area (Å²) in [6, 6.07) is 4.51. The van der Waals surface area contributed by atoms with Crippen LogP contribution in [0.1, 0.15) is 11.8 Å². The van der Waals surface area contributed by atoms with Crippen molar-refractivity contribution < 1.29 is 9.18 Å². The number of amides is 1. The molecule has 0 spiro atoms. The number of hydrogen-bond donors (Lipinski definition) is 2. The normalized spacial score (nSPS) is 10.1. The van der Waals surface area contributed by atoms with Gasteiger partial charge in [-0.05, 0) is 18.2 Å². The predicted octanol–water partition coefficient (Wildman–Crippen LogP) is 2.85. The SMILES string of the molecule is CC(=O)Nc1cc(NCc2cncs2)ccc1F. The second-order valence-corrected chi connectivity index (χ2v) is 4.67. The van der Waals surface area contributed by atoms with Gasteiger partial charge >= 0.3 is 0 Å². The largest absolute Gasteiger partial charge is 0.380 e. The van der Waals surface area contributed by atoms with Crippen LogP contribution in [0.15, 0.2) is 29.9 Å². The van der Waals surface area contributed by atoms with Gasteiger partial charge in [0, 0.05) is 23.7 Å². The minimum atomic E-state index is -0.450. The summed E-state index contributed by atoms with van der Waals surface area (Å²) in [5.74, 6) is -0.748. The molecule has 0 unspecified atom stereocenters. The number of benzene rings is 1. The molecule has 18 heavy (non-hydrogen) atoms. The Labute approximate surface area is 108 Å². The van der Waals surface area contributed by atoms with Gasteiger partial charge in [-0.15, -0.1) is 11.3 Å². The van der Waals surface area contributed by atoms with Gasteiger partial charge in [0.25, 0.3) is 0 Å². The van der Waals surface area contributed by atoms with E-state index in [1.54, 1.807) is 35.2 Å². The zero-order chi connectivity index (χ0) is 13.0. The van der Waals surface area contributed by atoms with Crippen molar-refractivity contribution in [1.82, 2.24) is 4.98 Å². The van der Waals surface area contributed by atoms with E-state index in [-0.39, 0.29) is 11.6 Å². The van der Waals surface area contributed by atoms with E-state index in [9.17, 15) is 9.18 Å². The summed E-state index contributed by atoms with van der Waals surface area (Å²) in [7, 11) is 0. The van der Waals surface area contributed by atoms with E-state index in [4.69, 9.17) is 0 Å². The third-order valence-electron chi connectivity index (χ3n) is 2.23. The second-order valence-electron chi connectivity index (χ2n) is 3.70. The smallest absolute Gasteiger partial charge is 0.221 e. The third-order valence-corrected chi connectivity index (χ3v) is 3.01. The van der Waals surface area contributed by atoms with E-state index in [1.807, 2.05) is 0 Å². The molecule has 6 heteroatoms. The van der Waals surface area contributed by atoms with E-state index in [0.717, 1.165) is 10.6 Å². The molecule has 94 valence electrons. The molecule has 1 aromatic heterocycles. The van der Waals surface area contributed by atoms with E-state index >= 15 is 0 Å². The number of carbonyl (C=O) groups excluding carboxylic acids is 1. The fraction of sp³-hybridized carbons (Fsp3) is 0.167. The average Bonchev–Trinajstić information content (AvgIpc) is 2.82. The number of nitrogens with one attached hydrogen (secondary N) is 2. The van der Waals surface area contributed by atoms with Crippen LogP contribution in [-0.2, 0) is 11.3 Å². The highest BCUT2D eigenvalue weighted by Gasteiger charge is 2.05. The standard InChI is InChI=1S/C12H12FN3OS/c1-8(17)16-12-4-9(2-3-11(12)13)15-6-10-5-14-7-18-10/h2-5,7,15H,6H2,1H3,(H,16,17). The van der Waals surface area contributed by atoms with Gasteiger partial charge in [0.15, 0.2) is 0 Å². The predicted molar refractivity (Wildman–Crippen MR) is 70.1 cm³/mol. The zero-order valence-corrected chi connectivity index (χ0v) is 10.6. The van der Waals surface area contributed by atoms with E-state index < -0.39 is 5.82 Å². The fourth-order valence-electron chi connectivity index (χ4n) is 1.44. The molecule has 2 rings (SSSR count). The van der Waals surface area contributed by atoms with Crippen molar-refractivity contribution in [2.24, 2.45) is 0 Å². The Bertz CT molecular complexity index is 542. The van der Waals surface area contributed by atoms with Crippen LogP contribution in [0.2, 0.25) is 0 Å². The highest BCUT2D eigenvalue weighted by atomic mass is 32.1. The summed E-state index contributed by atoms with van der Waals surface area (Å²) in [4.78, 5) is 16.0. The Hall–Kier alpha value is -1.95. The van der Waals surface area contributed by atoms with Gasteiger partial charge in [0.05, 0.1) is 17.7 Å². The van der Waals surface area contributed by atoms with E-state index in [2.05, 4.69) is 15.6 Å². The zero-order valence-electron chi connectivity index (χ0n) is 9.74. The molecule has 1 amide bonds. The van der Waals surface area contributed by atoms with Crippen LogP contribution in [0.25, 0.3) is 0 Å². The maximum Gasteiger partial charge on any atom is 0.221 e. The number of aromatic nitrogens is 1. The first kappa shape index (κ1) is 12.5. The first-order chi connectivity index (χ1) is 8.65. The second kappa shape index (κ2) is 5.59. The third kappa shape index (κ3) is 3.27. The highest BCUT2D eigenvalue weighted by molar-refractivity contribution is 7.09. The van der Waals surface area contributed by atoms with Crippen molar-refractivity contribution in [1.29, 1.82) is 0 Å². The lowest BCUT2D eigenvalue weighted by Gasteiger charge is -2.08. The number of hydrogen-bond acceptors (Lipinski definition) is 4. The minimum Gasteiger partial charge on any atom is -0.380 e. The van der Waals surface area contributed by atoms with Crippen molar-refractivity contribution in [2.45, 2.75) is 13.5 Å². The molecule has 1 aromatic carbocycles. The monoisotopic (exact) mass is 265 g/mol. The summed E-state index contributed by atoms with van der Waals surface area (Å²) in [6.07, 6.45) is 1.77. The number of anilines is 2. The molecule has 4 nitrogen and oxygen atoms in total. The van der Waals surface area contributed by atoms with Gasteiger partial charge in [-0.25, -0.2) is 4.39 Å². The fourth-order valence-corrected chi connectivity index (χ4v) is 1.97. The van der Waals surface area contributed by atoms with Crippen LogP contribution in [0.4, 0.5) is 15.8 Å². The summed E-state index contributed by atoms with van der Waals surface area (Å²) in [6.45, 7) is 1.96. The summed E-state index contributed by atoms with van der Waals surface area (Å²) in [5, 5.41) is 5.58. The average molecular weight is 265 g/mol. The molecular formula is C12H12FN3OS.